The smallest absolute Gasteiger partial charge is 0.337 e. The van der Waals surface area contributed by atoms with E-state index in [9.17, 15) is 10.0 Å². The van der Waals surface area contributed by atoms with Crippen LogP contribution in [0, 0.1) is 5.21 Å². The van der Waals surface area contributed by atoms with Gasteiger partial charge in [-0.2, -0.15) is 0 Å². The first-order valence-electron chi connectivity index (χ1n) is 4.44. The molecule has 4 heteroatoms. The summed E-state index contributed by atoms with van der Waals surface area (Å²) in [6, 6.07) is 8.39. The molecule has 0 aliphatic rings. The Labute approximate surface area is 85.7 Å². The Kier molecular flexibility index (Phi) is 2.25. The Balaban J connectivity index is 2.83. The third-order valence-electron chi connectivity index (χ3n) is 2.00. The zero-order chi connectivity index (χ0) is 10.8. The molecule has 0 unspecified atom stereocenters. The highest BCUT2D eigenvalue weighted by Gasteiger charge is 2.04. The molecule has 0 amide bonds. The SMILES string of the molecule is C/[N+]([O-])=C\c1cc(=O)oc2ccccc12. The highest BCUT2D eigenvalue weighted by atomic mass is 16.5. The highest BCUT2D eigenvalue weighted by molar-refractivity contribution is 5.95. The molecule has 76 valence electrons. The predicted octanol–water partition coefficient (Wildman–Crippen LogP) is 1.35. The van der Waals surface area contributed by atoms with Crippen molar-refractivity contribution >= 4 is 17.2 Å². The molecule has 0 bridgehead atoms. The first-order valence-corrected chi connectivity index (χ1v) is 4.44. The van der Waals surface area contributed by atoms with Crippen molar-refractivity contribution in [1.29, 1.82) is 0 Å². The van der Waals surface area contributed by atoms with Gasteiger partial charge >= 0.3 is 5.63 Å². The van der Waals surface area contributed by atoms with E-state index in [4.69, 9.17) is 4.42 Å². The van der Waals surface area contributed by atoms with E-state index in [1.54, 1.807) is 18.2 Å². The van der Waals surface area contributed by atoms with Crippen LogP contribution in [0.4, 0.5) is 0 Å². The predicted molar refractivity (Wildman–Crippen MR) is 57.2 cm³/mol. The lowest BCUT2D eigenvalue weighted by Gasteiger charge is -1.99. The maximum atomic E-state index is 11.2. The molecule has 1 aromatic carbocycles. The number of nitrogens with zero attached hydrogens (tertiary/aromatic N) is 1. The van der Waals surface area contributed by atoms with E-state index >= 15 is 0 Å². The van der Waals surface area contributed by atoms with Crippen LogP contribution in [0.1, 0.15) is 5.56 Å². The molecule has 15 heavy (non-hydrogen) atoms. The van der Waals surface area contributed by atoms with E-state index < -0.39 is 5.63 Å². The average molecular weight is 203 g/mol. The molecule has 0 saturated heterocycles. The van der Waals surface area contributed by atoms with Crippen molar-refractivity contribution in [3.63, 3.8) is 0 Å². The van der Waals surface area contributed by atoms with Gasteiger partial charge in [-0.25, -0.2) is 9.53 Å². The fourth-order valence-corrected chi connectivity index (χ4v) is 1.44. The summed E-state index contributed by atoms with van der Waals surface area (Å²) in [5.41, 5.74) is 0.597. The number of hydrogen-bond acceptors (Lipinski definition) is 3. The van der Waals surface area contributed by atoms with Crippen molar-refractivity contribution in [2.75, 3.05) is 7.05 Å². The van der Waals surface area contributed by atoms with Crippen LogP contribution >= 0.6 is 0 Å². The molecule has 1 heterocycles. The number of rotatable bonds is 1. The Morgan fingerprint density at radius 3 is 2.87 bits per heavy atom. The third-order valence-corrected chi connectivity index (χ3v) is 2.00. The fraction of sp³-hybridized carbons (Fsp3) is 0.0909. The van der Waals surface area contributed by atoms with Gasteiger partial charge < -0.3 is 9.62 Å². The standard InChI is InChI=1S/C11H9NO3/c1-12(14)7-8-6-11(13)15-10-5-3-2-4-9(8)10/h2-7H,1H3/b12-7+. The van der Waals surface area contributed by atoms with Gasteiger partial charge in [-0.15, -0.1) is 0 Å². The average Bonchev–Trinajstić information content (AvgIpc) is 2.16. The van der Waals surface area contributed by atoms with Crippen LogP contribution < -0.4 is 5.63 Å². The molecular formula is C11H9NO3. The van der Waals surface area contributed by atoms with Crippen LogP contribution in [0.3, 0.4) is 0 Å². The summed E-state index contributed by atoms with van der Waals surface area (Å²) in [5.74, 6) is 0. The van der Waals surface area contributed by atoms with Crippen molar-refractivity contribution in [2.24, 2.45) is 0 Å². The molecular weight excluding hydrogens is 194 g/mol. The second-order valence-corrected chi connectivity index (χ2v) is 3.19. The molecule has 4 nitrogen and oxygen atoms in total. The van der Waals surface area contributed by atoms with Gasteiger partial charge in [0.2, 0.25) is 0 Å². The van der Waals surface area contributed by atoms with E-state index in [-0.39, 0.29) is 0 Å². The van der Waals surface area contributed by atoms with Gasteiger partial charge in [0.15, 0.2) is 6.21 Å². The topological polar surface area (TPSA) is 56.3 Å². The van der Waals surface area contributed by atoms with E-state index in [0.29, 0.717) is 15.9 Å². The van der Waals surface area contributed by atoms with Crippen molar-refractivity contribution in [3.8, 4) is 0 Å². The van der Waals surface area contributed by atoms with Crippen LogP contribution in [0.25, 0.3) is 11.0 Å². The van der Waals surface area contributed by atoms with Crippen molar-refractivity contribution in [3.05, 3.63) is 51.5 Å². The van der Waals surface area contributed by atoms with E-state index in [1.165, 1.54) is 19.3 Å². The van der Waals surface area contributed by atoms with Crippen molar-refractivity contribution in [1.82, 2.24) is 0 Å². The lowest BCUT2D eigenvalue weighted by atomic mass is 10.1. The number of hydrogen-bond donors (Lipinski definition) is 0. The minimum absolute atomic E-state index is 0.457. The summed E-state index contributed by atoms with van der Waals surface area (Å²) in [4.78, 5) is 11.2. The molecule has 0 N–H and O–H groups in total. The molecule has 0 spiro atoms. The number of benzene rings is 1. The molecule has 2 aromatic rings. The van der Waals surface area contributed by atoms with Crippen LogP contribution in [0.2, 0.25) is 0 Å². The number of para-hydroxylation sites is 1. The monoisotopic (exact) mass is 203 g/mol. The zero-order valence-corrected chi connectivity index (χ0v) is 8.14. The minimum Gasteiger partial charge on any atom is -0.624 e. The molecule has 0 aliphatic carbocycles. The summed E-state index contributed by atoms with van der Waals surface area (Å²) in [5, 5.41) is 11.6. The van der Waals surface area contributed by atoms with Gasteiger partial charge in [0.25, 0.3) is 0 Å². The highest BCUT2D eigenvalue weighted by Crippen LogP contribution is 2.14. The third kappa shape index (κ3) is 1.88. The van der Waals surface area contributed by atoms with Crippen molar-refractivity contribution < 1.29 is 9.16 Å². The van der Waals surface area contributed by atoms with E-state index in [2.05, 4.69) is 0 Å². The summed E-state index contributed by atoms with van der Waals surface area (Å²) < 4.78 is 5.64. The largest absolute Gasteiger partial charge is 0.624 e. The second kappa shape index (κ2) is 3.57. The molecule has 0 saturated carbocycles. The Hall–Kier alpha value is -2.10. The normalized spacial score (nSPS) is 11.9. The number of fused-ring (bicyclic) bond motifs is 1. The van der Waals surface area contributed by atoms with Crippen LogP contribution in [0.5, 0.6) is 0 Å². The zero-order valence-electron chi connectivity index (χ0n) is 8.14. The molecule has 0 radical (unpaired) electrons. The minimum atomic E-state index is -0.457. The summed E-state index contributed by atoms with van der Waals surface area (Å²) in [7, 11) is 1.36. The number of hydroxylamine groups is 1. The quantitative estimate of drug-likeness (QED) is 0.231. The van der Waals surface area contributed by atoms with Gasteiger partial charge in [-0.1, -0.05) is 18.2 Å². The first kappa shape index (κ1) is 9.45. The molecule has 0 fully saturated rings. The Morgan fingerprint density at radius 2 is 2.13 bits per heavy atom. The fourth-order valence-electron chi connectivity index (χ4n) is 1.44. The molecule has 1 aromatic heterocycles. The second-order valence-electron chi connectivity index (χ2n) is 3.19. The van der Waals surface area contributed by atoms with E-state index in [1.807, 2.05) is 6.07 Å². The van der Waals surface area contributed by atoms with Gasteiger partial charge in [0, 0.05) is 11.5 Å². The molecule has 2 rings (SSSR count). The maximum Gasteiger partial charge on any atom is 0.337 e. The van der Waals surface area contributed by atoms with Crippen molar-refractivity contribution in [2.45, 2.75) is 0 Å². The molecule has 0 aliphatic heterocycles. The van der Waals surface area contributed by atoms with Gasteiger partial charge in [0.1, 0.15) is 12.6 Å². The molecule has 0 atom stereocenters. The summed E-state index contributed by atoms with van der Waals surface area (Å²) in [6.45, 7) is 0. The van der Waals surface area contributed by atoms with E-state index in [0.717, 1.165) is 5.39 Å². The van der Waals surface area contributed by atoms with Gasteiger partial charge in [-0.3, -0.25) is 0 Å². The van der Waals surface area contributed by atoms with Gasteiger partial charge in [-0.05, 0) is 6.07 Å². The first-order chi connectivity index (χ1) is 7.16. The van der Waals surface area contributed by atoms with Crippen LogP contribution in [0.15, 0.2) is 39.5 Å². The lowest BCUT2D eigenvalue weighted by Crippen LogP contribution is -2.04. The maximum absolute atomic E-state index is 11.2. The summed E-state index contributed by atoms with van der Waals surface area (Å²) in [6.07, 6.45) is 1.35. The van der Waals surface area contributed by atoms with Crippen LogP contribution in [-0.4, -0.2) is 18.0 Å². The van der Waals surface area contributed by atoms with Crippen LogP contribution in [-0.2, 0) is 0 Å². The lowest BCUT2D eigenvalue weighted by molar-refractivity contribution is -0.416. The Bertz CT molecular complexity index is 580. The Morgan fingerprint density at radius 1 is 1.40 bits per heavy atom. The summed E-state index contributed by atoms with van der Waals surface area (Å²) >= 11 is 0. The van der Waals surface area contributed by atoms with Gasteiger partial charge in [0.05, 0.1) is 5.56 Å².